The first-order valence-corrected chi connectivity index (χ1v) is 8.96. The molecule has 0 radical (unpaired) electrons. The zero-order chi connectivity index (χ0) is 16.8. The van der Waals surface area contributed by atoms with Gasteiger partial charge in [-0.3, -0.25) is 14.4 Å². The monoisotopic (exact) mass is 349 g/mol. The van der Waals surface area contributed by atoms with E-state index in [1.807, 2.05) is 11.4 Å². The fourth-order valence-corrected chi connectivity index (χ4v) is 4.58. The molecule has 4 heterocycles. The average Bonchev–Trinajstić information content (AvgIpc) is 3.30. The van der Waals surface area contributed by atoms with Crippen LogP contribution in [0.5, 0.6) is 0 Å². The number of nitrogens with one attached hydrogen (secondary N) is 1. The van der Waals surface area contributed by atoms with Crippen LogP contribution in [0.1, 0.15) is 22.5 Å². The van der Waals surface area contributed by atoms with Gasteiger partial charge in [0.2, 0.25) is 11.8 Å². The highest BCUT2D eigenvalue weighted by atomic mass is 32.1. The van der Waals surface area contributed by atoms with E-state index in [1.165, 1.54) is 11.3 Å². The Balaban J connectivity index is 1.53. The van der Waals surface area contributed by atoms with Crippen LogP contribution in [-0.2, 0) is 14.3 Å². The second-order valence-corrected chi connectivity index (χ2v) is 7.37. The minimum atomic E-state index is -0.590. The second-order valence-electron chi connectivity index (χ2n) is 6.42. The van der Waals surface area contributed by atoms with Crippen molar-refractivity contribution >= 4 is 29.1 Å². The van der Waals surface area contributed by atoms with Gasteiger partial charge in [0.1, 0.15) is 12.1 Å². The molecule has 0 spiro atoms. The van der Waals surface area contributed by atoms with Crippen molar-refractivity contribution in [2.45, 2.75) is 37.1 Å². The summed E-state index contributed by atoms with van der Waals surface area (Å²) in [5.41, 5.74) is 0. The van der Waals surface area contributed by atoms with Crippen LogP contribution in [0.15, 0.2) is 17.5 Å². The summed E-state index contributed by atoms with van der Waals surface area (Å²) in [6.45, 7) is 0.953. The number of amides is 3. The highest BCUT2D eigenvalue weighted by Crippen LogP contribution is 2.33. The molecule has 4 atom stereocenters. The maximum absolute atomic E-state index is 12.9. The maximum Gasteiger partial charge on any atom is 0.261 e. The van der Waals surface area contributed by atoms with Gasteiger partial charge in [-0.15, -0.1) is 11.3 Å². The lowest BCUT2D eigenvalue weighted by molar-refractivity contribution is -0.157. The molecule has 4 rings (SSSR count). The molecule has 1 aromatic rings. The van der Waals surface area contributed by atoms with E-state index < -0.39 is 12.1 Å². The largest absolute Gasteiger partial charge is 0.380 e. The van der Waals surface area contributed by atoms with Crippen LogP contribution in [0, 0.1) is 0 Å². The molecule has 0 saturated carbocycles. The third kappa shape index (κ3) is 2.32. The smallest absolute Gasteiger partial charge is 0.261 e. The molecular weight excluding hydrogens is 330 g/mol. The molecule has 3 aliphatic rings. The van der Waals surface area contributed by atoms with Gasteiger partial charge in [-0.25, -0.2) is 0 Å². The number of rotatable bonds is 3. The van der Waals surface area contributed by atoms with Crippen molar-refractivity contribution in [3.8, 4) is 0 Å². The van der Waals surface area contributed by atoms with Crippen LogP contribution in [-0.4, -0.2) is 72.0 Å². The predicted molar refractivity (Wildman–Crippen MR) is 86.6 cm³/mol. The number of hydrogen-bond acceptors (Lipinski definition) is 5. The Hall–Kier alpha value is -1.93. The number of nitrogens with zero attached hydrogens (tertiary/aromatic N) is 2. The molecule has 128 valence electrons. The summed E-state index contributed by atoms with van der Waals surface area (Å²) in [5, 5.41) is 4.77. The second kappa shape index (κ2) is 5.86. The molecule has 1 aromatic heterocycles. The van der Waals surface area contributed by atoms with Crippen LogP contribution >= 0.6 is 11.3 Å². The van der Waals surface area contributed by atoms with Gasteiger partial charge in [0.05, 0.1) is 17.0 Å². The standard InChI is InChI=1S/C16H19N3O4S/c1-23-9-7-11-15(21)18-5-4-10(13(18)16(22)19(11)8-9)17-14(20)12-3-2-6-24-12/h2-3,6,9-11,13H,4-5,7-8H2,1H3,(H,17,20)/t9-,10+,11+,13+/m1/s1. The van der Waals surface area contributed by atoms with E-state index in [9.17, 15) is 14.4 Å². The third-order valence-corrected chi connectivity index (χ3v) is 6.03. The summed E-state index contributed by atoms with van der Waals surface area (Å²) in [4.78, 5) is 41.8. The van der Waals surface area contributed by atoms with Crippen LogP contribution < -0.4 is 5.32 Å². The van der Waals surface area contributed by atoms with Crippen molar-refractivity contribution in [3.63, 3.8) is 0 Å². The minimum absolute atomic E-state index is 0.0213. The lowest BCUT2D eigenvalue weighted by atomic mass is 10.0. The first kappa shape index (κ1) is 15.6. The van der Waals surface area contributed by atoms with Gasteiger partial charge in [-0.1, -0.05) is 6.07 Å². The molecule has 0 aromatic carbocycles. The first-order valence-electron chi connectivity index (χ1n) is 8.08. The number of methoxy groups -OCH3 is 1. The Bertz CT molecular complexity index is 677. The van der Waals surface area contributed by atoms with E-state index >= 15 is 0 Å². The van der Waals surface area contributed by atoms with Gasteiger partial charge in [0, 0.05) is 26.6 Å². The van der Waals surface area contributed by atoms with Gasteiger partial charge in [-0.2, -0.15) is 0 Å². The lowest BCUT2D eigenvalue weighted by Crippen LogP contribution is -2.64. The summed E-state index contributed by atoms with van der Waals surface area (Å²) in [7, 11) is 1.60. The summed E-state index contributed by atoms with van der Waals surface area (Å²) in [5.74, 6) is -0.282. The number of carbonyl (C=O) groups is 3. The molecule has 3 amide bonds. The summed E-state index contributed by atoms with van der Waals surface area (Å²) in [6, 6.07) is 2.23. The van der Waals surface area contributed by atoms with Gasteiger partial charge in [0.15, 0.2) is 0 Å². The van der Waals surface area contributed by atoms with E-state index in [0.29, 0.717) is 30.8 Å². The van der Waals surface area contributed by atoms with Gasteiger partial charge < -0.3 is 19.9 Å². The van der Waals surface area contributed by atoms with Crippen LogP contribution in [0.3, 0.4) is 0 Å². The number of piperazine rings is 1. The van der Waals surface area contributed by atoms with E-state index in [4.69, 9.17) is 4.74 Å². The van der Waals surface area contributed by atoms with Crippen molar-refractivity contribution < 1.29 is 19.1 Å². The van der Waals surface area contributed by atoms with Crippen molar-refractivity contribution in [1.82, 2.24) is 15.1 Å². The minimum Gasteiger partial charge on any atom is -0.380 e. The van der Waals surface area contributed by atoms with E-state index in [0.717, 1.165) is 0 Å². The number of ether oxygens (including phenoxy) is 1. The molecule has 3 saturated heterocycles. The highest BCUT2D eigenvalue weighted by Gasteiger charge is 2.55. The molecule has 0 aliphatic carbocycles. The zero-order valence-electron chi connectivity index (χ0n) is 13.3. The molecule has 1 N–H and O–H groups in total. The Kier molecular flexibility index (Phi) is 3.80. The molecule has 7 nitrogen and oxygen atoms in total. The number of hydrogen-bond donors (Lipinski definition) is 1. The average molecular weight is 349 g/mol. The van der Waals surface area contributed by atoms with Crippen molar-refractivity contribution in [2.24, 2.45) is 0 Å². The summed E-state index contributed by atoms with van der Waals surface area (Å²) < 4.78 is 5.33. The number of fused-ring (bicyclic) bond motifs is 2. The van der Waals surface area contributed by atoms with Gasteiger partial charge in [-0.05, 0) is 17.9 Å². The molecular formula is C16H19N3O4S. The molecule has 3 fully saturated rings. The van der Waals surface area contributed by atoms with E-state index in [1.54, 1.807) is 23.0 Å². The molecule has 3 aliphatic heterocycles. The molecule has 8 heteroatoms. The summed E-state index contributed by atoms with van der Waals surface area (Å²) in [6.07, 6.45) is 1.06. The number of thiophene rings is 1. The SMILES string of the molecule is CO[C@@H]1C[C@H]2C(=O)N3CC[C@H](NC(=O)c4cccs4)[C@H]3C(=O)N2C1. The van der Waals surface area contributed by atoms with Gasteiger partial charge in [0.25, 0.3) is 5.91 Å². The van der Waals surface area contributed by atoms with E-state index in [2.05, 4.69) is 5.32 Å². The molecule has 0 unspecified atom stereocenters. The molecule has 0 bridgehead atoms. The topological polar surface area (TPSA) is 79.0 Å². The van der Waals surface area contributed by atoms with E-state index in [-0.39, 0.29) is 29.9 Å². The van der Waals surface area contributed by atoms with Crippen molar-refractivity contribution in [2.75, 3.05) is 20.2 Å². The highest BCUT2D eigenvalue weighted by molar-refractivity contribution is 7.12. The van der Waals surface area contributed by atoms with Gasteiger partial charge >= 0.3 is 0 Å². The van der Waals surface area contributed by atoms with Crippen molar-refractivity contribution in [3.05, 3.63) is 22.4 Å². The Morgan fingerprint density at radius 1 is 1.33 bits per heavy atom. The quantitative estimate of drug-likeness (QED) is 0.838. The van der Waals surface area contributed by atoms with Crippen LogP contribution in [0.4, 0.5) is 0 Å². The normalized spacial score (nSPS) is 32.0. The fraction of sp³-hybridized carbons (Fsp3) is 0.562. The lowest BCUT2D eigenvalue weighted by Gasteiger charge is -2.40. The Labute approximate surface area is 143 Å². The van der Waals surface area contributed by atoms with Crippen LogP contribution in [0.2, 0.25) is 0 Å². The van der Waals surface area contributed by atoms with Crippen LogP contribution in [0.25, 0.3) is 0 Å². The molecule has 24 heavy (non-hydrogen) atoms. The summed E-state index contributed by atoms with van der Waals surface area (Å²) >= 11 is 1.36. The first-order chi connectivity index (χ1) is 11.6. The zero-order valence-corrected chi connectivity index (χ0v) is 14.1. The predicted octanol–water partition coefficient (Wildman–Crippen LogP) is 0.0769. The van der Waals surface area contributed by atoms with Crippen molar-refractivity contribution in [1.29, 1.82) is 0 Å². The Morgan fingerprint density at radius 3 is 2.88 bits per heavy atom. The third-order valence-electron chi connectivity index (χ3n) is 5.16. The Morgan fingerprint density at radius 2 is 2.17 bits per heavy atom. The fourth-order valence-electron chi connectivity index (χ4n) is 3.95. The number of carbonyl (C=O) groups excluding carboxylic acids is 3. The maximum atomic E-state index is 12.9.